The molecule has 7 nitrogen and oxygen atoms in total. The van der Waals surface area contributed by atoms with Crippen LogP contribution in [0.1, 0.15) is 36.9 Å². The second-order valence-electron chi connectivity index (χ2n) is 9.33. The molecule has 3 aliphatic heterocycles. The van der Waals surface area contributed by atoms with Gasteiger partial charge >= 0.3 is 5.97 Å². The number of thioether (sulfide) groups is 1. The number of hydrogen-bond donors (Lipinski definition) is 0. The lowest BCUT2D eigenvalue weighted by molar-refractivity contribution is -0.136. The number of ether oxygens (including phenoxy) is 1. The minimum atomic E-state index is -0.384. The number of piperazine rings is 1. The van der Waals surface area contributed by atoms with E-state index in [1.807, 2.05) is 53.6 Å². The molecule has 0 aliphatic carbocycles. The van der Waals surface area contributed by atoms with Crippen LogP contribution in [-0.4, -0.2) is 65.0 Å². The molecule has 0 saturated carbocycles. The standard InChI is InChI=1S/C29H32N4O3S/c1-3-24-26(28(35)36-2)27(22-12-8-5-9-13-22)33-23(20-37-29(33)30-24)18-25(34)32-16-14-31(15-17-32)19-21-10-6-4-7-11-21/h4-13,20,27H,3,14-19H2,1-2H3. The Morgan fingerprint density at radius 2 is 1.68 bits per heavy atom. The first-order chi connectivity index (χ1) is 18.1. The van der Waals surface area contributed by atoms with Crippen molar-refractivity contribution in [2.45, 2.75) is 32.4 Å². The second-order valence-corrected chi connectivity index (χ2v) is 10.2. The summed E-state index contributed by atoms with van der Waals surface area (Å²) in [6.07, 6.45) is 0.886. The number of fused-ring (bicyclic) bond motifs is 1. The number of methoxy groups -OCH3 is 1. The molecule has 2 aromatic rings. The van der Waals surface area contributed by atoms with E-state index >= 15 is 0 Å². The fraction of sp³-hybridized carbons (Fsp3) is 0.345. The van der Waals surface area contributed by atoms with E-state index in [1.165, 1.54) is 24.4 Å². The Morgan fingerprint density at radius 1 is 1.00 bits per heavy atom. The molecule has 1 amide bonds. The van der Waals surface area contributed by atoms with Gasteiger partial charge in [-0.25, -0.2) is 9.79 Å². The topological polar surface area (TPSA) is 65.5 Å². The summed E-state index contributed by atoms with van der Waals surface area (Å²) >= 11 is 1.51. The summed E-state index contributed by atoms with van der Waals surface area (Å²) in [4.78, 5) is 37.6. The Balaban J connectivity index is 1.31. The van der Waals surface area contributed by atoms with Crippen molar-refractivity contribution in [3.05, 3.63) is 94.2 Å². The molecular weight excluding hydrogens is 484 g/mol. The van der Waals surface area contributed by atoms with Gasteiger partial charge in [-0.2, -0.15) is 0 Å². The average molecular weight is 517 g/mol. The van der Waals surface area contributed by atoms with Crippen LogP contribution < -0.4 is 0 Å². The lowest BCUT2D eigenvalue weighted by Crippen LogP contribution is -2.48. The number of amidine groups is 1. The molecule has 1 unspecified atom stereocenters. The van der Waals surface area contributed by atoms with Crippen molar-refractivity contribution in [3.8, 4) is 0 Å². The Hall–Kier alpha value is -3.36. The van der Waals surface area contributed by atoms with E-state index in [0.29, 0.717) is 25.1 Å². The van der Waals surface area contributed by atoms with E-state index in [4.69, 9.17) is 9.73 Å². The molecule has 0 spiro atoms. The summed E-state index contributed by atoms with van der Waals surface area (Å²) in [6.45, 7) is 6.03. The van der Waals surface area contributed by atoms with Gasteiger partial charge in [-0.05, 0) is 23.0 Å². The molecule has 192 valence electrons. The van der Waals surface area contributed by atoms with Crippen LogP contribution in [0.2, 0.25) is 0 Å². The zero-order chi connectivity index (χ0) is 25.8. The van der Waals surface area contributed by atoms with Crippen molar-refractivity contribution < 1.29 is 14.3 Å². The van der Waals surface area contributed by atoms with Gasteiger partial charge in [-0.1, -0.05) is 79.3 Å². The molecule has 0 N–H and O–H groups in total. The Labute approximate surface area is 222 Å². The van der Waals surface area contributed by atoms with E-state index in [0.717, 1.165) is 41.8 Å². The minimum absolute atomic E-state index is 0.101. The van der Waals surface area contributed by atoms with Gasteiger partial charge in [0.2, 0.25) is 5.91 Å². The normalized spacial score (nSPS) is 19.9. The van der Waals surface area contributed by atoms with E-state index in [-0.39, 0.29) is 24.3 Å². The Bertz CT molecular complexity index is 1230. The van der Waals surface area contributed by atoms with Crippen LogP contribution in [-0.2, 0) is 20.9 Å². The molecule has 2 aromatic carbocycles. The van der Waals surface area contributed by atoms with Gasteiger partial charge in [-0.3, -0.25) is 9.69 Å². The number of nitrogens with zero attached hydrogens (tertiary/aromatic N) is 4. The van der Waals surface area contributed by atoms with E-state index < -0.39 is 0 Å². The predicted molar refractivity (Wildman–Crippen MR) is 146 cm³/mol. The number of amides is 1. The number of carbonyl (C=O) groups is 2. The highest BCUT2D eigenvalue weighted by Gasteiger charge is 2.41. The first-order valence-electron chi connectivity index (χ1n) is 12.7. The zero-order valence-corrected chi connectivity index (χ0v) is 22.1. The van der Waals surface area contributed by atoms with Gasteiger partial charge in [0.15, 0.2) is 5.17 Å². The monoisotopic (exact) mass is 516 g/mol. The lowest BCUT2D eigenvalue weighted by atomic mass is 9.93. The molecule has 37 heavy (non-hydrogen) atoms. The molecule has 8 heteroatoms. The van der Waals surface area contributed by atoms with E-state index in [1.54, 1.807) is 0 Å². The van der Waals surface area contributed by atoms with Crippen LogP contribution in [0.25, 0.3) is 0 Å². The molecule has 0 aromatic heterocycles. The maximum Gasteiger partial charge on any atom is 0.338 e. The first kappa shape index (κ1) is 25.3. The largest absolute Gasteiger partial charge is 0.466 e. The summed E-state index contributed by atoms with van der Waals surface area (Å²) in [5, 5.41) is 2.81. The van der Waals surface area contributed by atoms with Gasteiger partial charge in [0, 0.05) is 38.4 Å². The highest BCUT2D eigenvalue weighted by Crippen LogP contribution is 2.45. The predicted octanol–water partition coefficient (Wildman–Crippen LogP) is 4.56. The maximum absolute atomic E-state index is 13.4. The zero-order valence-electron chi connectivity index (χ0n) is 21.3. The summed E-state index contributed by atoms with van der Waals surface area (Å²) in [5.41, 5.74) is 4.40. The quantitative estimate of drug-likeness (QED) is 0.503. The SMILES string of the molecule is CCC1=C(C(=O)OC)C(c2ccccc2)N2C(CC(=O)N3CCN(Cc4ccccc4)CC3)=CSC2=N1. The third kappa shape index (κ3) is 5.36. The number of aliphatic imine (C=N–C) groups is 1. The van der Waals surface area contributed by atoms with Crippen LogP contribution in [0.4, 0.5) is 0 Å². The Morgan fingerprint density at radius 3 is 2.32 bits per heavy atom. The molecule has 0 radical (unpaired) electrons. The number of allylic oxidation sites excluding steroid dienone is 1. The fourth-order valence-corrected chi connectivity index (χ4v) is 6.06. The number of benzene rings is 2. The molecule has 1 atom stereocenters. The Kier molecular flexibility index (Phi) is 7.76. The molecule has 3 heterocycles. The third-order valence-electron chi connectivity index (χ3n) is 7.05. The van der Waals surface area contributed by atoms with Gasteiger partial charge in [0.05, 0.1) is 30.8 Å². The first-order valence-corrected chi connectivity index (χ1v) is 13.6. The molecule has 1 fully saturated rings. The van der Waals surface area contributed by atoms with Crippen molar-refractivity contribution in [1.82, 2.24) is 14.7 Å². The molecular formula is C29H32N4O3S. The smallest absolute Gasteiger partial charge is 0.338 e. The van der Waals surface area contributed by atoms with E-state index in [2.05, 4.69) is 34.1 Å². The number of carbonyl (C=O) groups excluding carboxylic acids is 2. The number of rotatable bonds is 7. The van der Waals surface area contributed by atoms with Crippen LogP contribution >= 0.6 is 11.8 Å². The van der Waals surface area contributed by atoms with Crippen molar-refractivity contribution >= 4 is 28.8 Å². The summed E-state index contributed by atoms with van der Waals surface area (Å²) in [5.74, 6) is -0.283. The summed E-state index contributed by atoms with van der Waals surface area (Å²) in [7, 11) is 1.40. The van der Waals surface area contributed by atoms with Crippen molar-refractivity contribution in [3.63, 3.8) is 0 Å². The summed E-state index contributed by atoms with van der Waals surface area (Å²) < 4.78 is 5.19. The minimum Gasteiger partial charge on any atom is -0.466 e. The lowest BCUT2D eigenvalue weighted by Gasteiger charge is -2.38. The van der Waals surface area contributed by atoms with Gasteiger partial charge in [-0.15, -0.1) is 0 Å². The van der Waals surface area contributed by atoms with Crippen LogP contribution in [0.5, 0.6) is 0 Å². The van der Waals surface area contributed by atoms with Crippen molar-refractivity contribution in [2.75, 3.05) is 33.3 Å². The fourth-order valence-electron chi connectivity index (χ4n) is 5.13. The third-order valence-corrected chi connectivity index (χ3v) is 7.94. The molecule has 1 saturated heterocycles. The summed E-state index contributed by atoms with van der Waals surface area (Å²) in [6, 6.07) is 20.0. The average Bonchev–Trinajstić information content (AvgIpc) is 3.35. The number of hydrogen-bond acceptors (Lipinski definition) is 7. The molecule has 0 bridgehead atoms. The van der Waals surface area contributed by atoms with Crippen molar-refractivity contribution in [1.29, 1.82) is 0 Å². The highest BCUT2D eigenvalue weighted by atomic mass is 32.2. The van der Waals surface area contributed by atoms with Crippen LogP contribution in [0, 0.1) is 0 Å². The second kappa shape index (κ2) is 11.4. The van der Waals surface area contributed by atoms with Gasteiger partial charge in [0.25, 0.3) is 0 Å². The highest BCUT2D eigenvalue weighted by molar-refractivity contribution is 8.16. The van der Waals surface area contributed by atoms with Crippen LogP contribution in [0.3, 0.4) is 0 Å². The van der Waals surface area contributed by atoms with Crippen molar-refractivity contribution in [2.24, 2.45) is 4.99 Å². The van der Waals surface area contributed by atoms with Gasteiger partial charge < -0.3 is 14.5 Å². The maximum atomic E-state index is 13.4. The van der Waals surface area contributed by atoms with Crippen LogP contribution in [0.15, 0.2) is 88.0 Å². The van der Waals surface area contributed by atoms with E-state index in [9.17, 15) is 9.59 Å². The molecule has 5 rings (SSSR count). The molecule has 3 aliphatic rings. The van der Waals surface area contributed by atoms with Gasteiger partial charge in [0.1, 0.15) is 0 Å². The number of esters is 1.